The van der Waals surface area contributed by atoms with E-state index in [9.17, 15) is 19.5 Å². The Morgan fingerprint density at radius 1 is 0.775 bits per heavy atom. The van der Waals surface area contributed by atoms with E-state index < -0.39 is 54.1 Å². The van der Waals surface area contributed by atoms with Gasteiger partial charge in [-0.3, -0.25) is 14.4 Å². The minimum atomic E-state index is -1.42. The number of carbonyl (C=O) groups is 3. The van der Waals surface area contributed by atoms with Crippen LogP contribution in [0, 0.1) is 0 Å². The van der Waals surface area contributed by atoms with Crippen LogP contribution < -0.4 is 5.32 Å². The Bertz CT molecular complexity index is 1190. The molecule has 0 radical (unpaired) electrons. The molecule has 1 amide bonds. The van der Waals surface area contributed by atoms with E-state index in [-0.39, 0.29) is 6.61 Å². The summed E-state index contributed by atoms with van der Waals surface area (Å²) in [5.74, 6) is -1.85. The highest BCUT2D eigenvalue weighted by Crippen LogP contribution is 2.41. The molecular weight excluding hydrogens is 514 g/mol. The summed E-state index contributed by atoms with van der Waals surface area (Å²) in [7, 11) is 0. The van der Waals surface area contributed by atoms with Crippen molar-refractivity contribution in [1.82, 2.24) is 5.32 Å². The quantitative estimate of drug-likeness (QED) is 0.310. The molecule has 1 aliphatic rings. The second-order valence-corrected chi connectivity index (χ2v) is 9.53. The monoisotopic (exact) mass is 547 g/mol. The first-order valence-electron chi connectivity index (χ1n) is 13.0. The van der Waals surface area contributed by atoms with E-state index in [2.05, 4.69) is 5.32 Å². The average molecular weight is 548 g/mol. The van der Waals surface area contributed by atoms with Gasteiger partial charge in [-0.15, -0.1) is 0 Å². The second-order valence-electron chi connectivity index (χ2n) is 9.53. The summed E-state index contributed by atoms with van der Waals surface area (Å²) >= 11 is 0. The lowest BCUT2D eigenvalue weighted by Gasteiger charge is -2.44. The molecule has 1 fully saturated rings. The van der Waals surface area contributed by atoms with Gasteiger partial charge in [0.1, 0.15) is 23.9 Å². The largest absolute Gasteiger partial charge is 0.457 e. The van der Waals surface area contributed by atoms with Gasteiger partial charge in [0.2, 0.25) is 12.2 Å². The van der Waals surface area contributed by atoms with Gasteiger partial charge in [0.05, 0.1) is 6.61 Å². The third-order valence-electron chi connectivity index (χ3n) is 6.63. The van der Waals surface area contributed by atoms with Gasteiger partial charge in [-0.1, -0.05) is 91.0 Å². The molecular formula is C31H33NO8. The fraction of sp³-hybridized carbons (Fsp3) is 0.323. The molecule has 1 aliphatic heterocycles. The zero-order chi connectivity index (χ0) is 28.7. The predicted molar refractivity (Wildman–Crippen MR) is 145 cm³/mol. The van der Waals surface area contributed by atoms with Gasteiger partial charge < -0.3 is 29.4 Å². The van der Waals surface area contributed by atoms with Crippen molar-refractivity contribution in [2.45, 2.75) is 57.0 Å². The van der Waals surface area contributed by atoms with Crippen molar-refractivity contribution in [2.75, 3.05) is 6.61 Å². The molecule has 9 heteroatoms. The van der Waals surface area contributed by atoms with Gasteiger partial charge in [-0.05, 0) is 16.7 Å². The fourth-order valence-electron chi connectivity index (χ4n) is 5.01. The summed E-state index contributed by atoms with van der Waals surface area (Å²) in [6.07, 6.45) is -5.14. The summed E-state index contributed by atoms with van der Waals surface area (Å²) in [5, 5.41) is 13.9. The molecule has 3 aromatic rings. The third-order valence-corrected chi connectivity index (χ3v) is 6.63. The van der Waals surface area contributed by atoms with E-state index in [4.69, 9.17) is 18.9 Å². The highest BCUT2D eigenvalue weighted by molar-refractivity contribution is 5.74. The normalized spacial score (nSPS) is 22.6. The van der Waals surface area contributed by atoms with Crippen LogP contribution in [0.5, 0.6) is 0 Å². The lowest BCUT2D eigenvalue weighted by molar-refractivity contribution is -0.271. The van der Waals surface area contributed by atoms with E-state index in [1.807, 2.05) is 91.0 Å². The number of hydrogen-bond acceptors (Lipinski definition) is 8. The number of aliphatic hydroxyl groups excluding tert-OH is 1. The number of benzene rings is 3. The standard InChI is InChI=1S/C31H33NO8/c1-20(33)32-27-29(38-21(2)34)28(36)26(40-30(27)39-22(3)35)19-37-31(23-13-7-4-8-14-23,24-15-9-5-10-16-24)25-17-11-6-12-18-25/h4-18,26-30,36H,19H2,1-3H3,(H,32,33)/t26-,27-,28+,29-,30-/m0/s1. The summed E-state index contributed by atoms with van der Waals surface area (Å²) in [4.78, 5) is 35.8. The molecule has 1 heterocycles. The Kier molecular flexibility index (Phi) is 9.31. The van der Waals surface area contributed by atoms with Gasteiger partial charge in [-0.2, -0.15) is 0 Å². The lowest BCUT2D eigenvalue weighted by Crippen LogP contribution is -2.66. The van der Waals surface area contributed by atoms with Crippen LogP contribution in [0.1, 0.15) is 37.5 Å². The molecule has 4 rings (SSSR count). The van der Waals surface area contributed by atoms with Crippen LogP contribution in [0.2, 0.25) is 0 Å². The minimum absolute atomic E-state index is 0.192. The number of ether oxygens (including phenoxy) is 4. The Balaban J connectivity index is 1.76. The highest BCUT2D eigenvalue weighted by Gasteiger charge is 2.50. The number of aliphatic hydroxyl groups is 1. The Morgan fingerprint density at radius 2 is 1.23 bits per heavy atom. The lowest BCUT2D eigenvalue weighted by atomic mass is 9.80. The van der Waals surface area contributed by atoms with E-state index in [0.717, 1.165) is 16.7 Å². The zero-order valence-corrected chi connectivity index (χ0v) is 22.6. The number of carbonyl (C=O) groups excluding carboxylic acids is 3. The molecule has 0 bridgehead atoms. The molecule has 0 saturated carbocycles. The molecule has 0 unspecified atom stereocenters. The van der Waals surface area contributed by atoms with Gasteiger partial charge in [0.15, 0.2) is 6.10 Å². The van der Waals surface area contributed by atoms with E-state index in [1.54, 1.807) is 0 Å². The number of amides is 1. The number of rotatable bonds is 9. The van der Waals surface area contributed by atoms with Crippen LogP contribution in [0.4, 0.5) is 0 Å². The maximum atomic E-state index is 12.0. The highest BCUT2D eigenvalue weighted by atomic mass is 16.7. The SMILES string of the molecule is CC(=O)N[C@@H]1[C@@H](OC(C)=O)O[C@@H](COC(c2ccccc2)(c2ccccc2)c2ccccc2)[C@@H](O)[C@H]1OC(C)=O. The van der Waals surface area contributed by atoms with Crippen LogP contribution in [0.15, 0.2) is 91.0 Å². The molecule has 0 aliphatic carbocycles. The van der Waals surface area contributed by atoms with Crippen molar-refractivity contribution in [3.8, 4) is 0 Å². The summed E-state index contributed by atoms with van der Waals surface area (Å²) in [6, 6.07) is 27.8. The molecule has 0 spiro atoms. The average Bonchev–Trinajstić information content (AvgIpc) is 2.94. The van der Waals surface area contributed by atoms with Gasteiger partial charge in [-0.25, -0.2) is 0 Å². The number of hydrogen-bond donors (Lipinski definition) is 2. The maximum absolute atomic E-state index is 12.0. The van der Waals surface area contributed by atoms with Gasteiger partial charge in [0.25, 0.3) is 0 Å². The summed E-state index contributed by atoms with van der Waals surface area (Å²) < 4.78 is 23.5. The first-order valence-corrected chi connectivity index (χ1v) is 13.0. The molecule has 210 valence electrons. The van der Waals surface area contributed by atoms with Crippen molar-refractivity contribution in [3.05, 3.63) is 108 Å². The second kappa shape index (κ2) is 12.9. The minimum Gasteiger partial charge on any atom is -0.457 e. The van der Waals surface area contributed by atoms with Crippen molar-refractivity contribution in [1.29, 1.82) is 0 Å². The van der Waals surface area contributed by atoms with Crippen molar-refractivity contribution in [2.24, 2.45) is 0 Å². The van der Waals surface area contributed by atoms with Gasteiger partial charge in [0, 0.05) is 20.8 Å². The Morgan fingerprint density at radius 3 is 1.62 bits per heavy atom. The molecule has 2 N–H and O–H groups in total. The Hall–Kier alpha value is -4.05. The van der Waals surface area contributed by atoms with Crippen LogP contribution in [0.3, 0.4) is 0 Å². The summed E-state index contributed by atoms with van der Waals surface area (Å²) in [5.41, 5.74) is 1.39. The maximum Gasteiger partial charge on any atom is 0.305 e. The van der Waals surface area contributed by atoms with Crippen LogP contribution in [0.25, 0.3) is 0 Å². The van der Waals surface area contributed by atoms with Crippen LogP contribution in [-0.4, -0.2) is 60.2 Å². The molecule has 9 nitrogen and oxygen atoms in total. The topological polar surface area (TPSA) is 120 Å². The fourth-order valence-corrected chi connectivity index (χ4v) is 5.01. The summed E-state index contributed by atoms with van der Waals surface area (Å²) in [6.45, 7) is 3.44. The van der Waals surface area contributed by atoms with Crippen molar-refractivity contribution in [3.63, 3.8) is 0 Å². The van der Waals surface area contributed by atoms with E-state index in [0.29, 0.717) is 0 Å². The molecule has 5 atom stereocenters. The third kappa shape index (κ3) is 6.39. The first kappa shape index (κ1) is 28.9. The van der Waals surface area contributed by atoms with Gasteiger partial charge >= 0.3 is 11.9 Å². The van der Waals surface area contributed by atoms with Crippen molar-refractivity contribution < 1.29 is 38.4 Å². The van der Waals surface area contributed by atoms with E-state index >= 15 is 0 Å². The predicted octanol–water partition coefficient (Wildman–Crippen LogP) is 3.08. The Labute approximate surface area is 233 Å². The first-order chi connectivity index (χ1) is 19.2. The molecule has 40 heavy (non-hydrogen) atoms. The number of nitrogens with one attached hydrogen (secondary N) is 1. The molecule has 3 aromatic carbocycles. The molecule has 0 aromatic heterocycles. The zero-order valence-electron chi connectivity index (χ0n) is 22.6. The van der Waals surface area contributed by atoms with Crippen LogP contribution in [-0.2, 0) is 38.9 Å². The van der Waals surface area contributed by atoms with Crippen molar-refractivity contribution >= 4 is 17.8 Å². The molecule has 1 saturated heterocycles. The van der Waals surface area contributed by atoms with E-state index in [1.165, 1.54) is 20.8 Å². The van der Waals surface area contributed by atoms with Crippen LogP contribution >= 0.6 is 0 Å². The smallest absolute Gasteiger partial charge is 0.305 e. The number of esters is 2.